The summed E-state index contributed by atoms with van der Waals surface area (Å²) in [4.78, 5) is 38.5. The van der Waals surface area contributed by atoms with Crippen LogP contribution in [0.3, 0.4) is 0 Å². The van der Waals surface area contributed by atoms with E-state index in [0.29, 0.717) is 11.3 Å². The summed E-state index contributed by atoms with van der Waals surface area (Å²) < 4.78 is 0. The smallest absolute Gasteiger partial charge is 0.247 e. The molecule has 1 saturated heterocycles. The predicted octanol–water partition coefficient (Wildman–Crippen LogP) is 3.05. The molecule has 0 aliphatic carbocycles. The number of carbonyl (C=O) groups excluding carboxylic acids is 3. The molecule has 1 aliphatic rings. The Balaban J connectivity index is 1.70. The minimum absolute atomic E-state index is 0.0296. The normalized spacial score (nSPS) is 18.1. The second-order valence-corrected chi connectivity index (χ2v) is 8.25. The Morgan fingerprint density at radius 3 is 2.50 bits per heavy atom. The van der Waals surface area contributed by atoms with Crippen LogP contribution in [0.1, 0.15) is 35.5 Å². The van der Waals surface area contributed by atoms with E-state index in [2.05, 4.69) is 10.2 Å². The van der Waals surface area contributed by atoms with Crippen molar-refractivity contribution in [1.29, 1.82) is 0 Å². The van der Waals surface area contributed by atoms with Gasteiger partial charge in [-0.05, 0) is 49.6 Å². The van der Waals surface area contributed by atoms with Crippen molar-refractivity contribution in [1.82, 2.24) is 0 Å². The number of hydrogen-bond acceptors (Lipinski definition) is 7. The Labute approximate surface area is 170 Å². The van der Waals surface area contributed by atoms with Gasteiger partial charge >= 0.3 is 0 Å². The van der Waals surface area contributed by atoms with E-state index < -0.39 is 5.25 Å². The van der Waals surface area contributed by atoms with Crippen LogP contribution >= 0.6 is 23.1 Å². The third kappa shape index (κ3) is 4.37. The summed E-state index contributed by atoms with van der Waals surface area (Å²) in [6, 6.07) is 10.2. The Hall–Kier alpha value is -2.78. The molecule has 144 valence electrons. The molecule has 1 aromatic heterocycles. The van der Waals surface area contributed by atoms with Crippen molar-refractivity contribution in [3.63, 3.8) is 0 Å². The Morgan fingerprint density at radius 1 is 1.18 bits per heavy atom. The Bertz CT molecular complexity index is 966. The minimum Gasteiger partial charge on any atom is -0.377 e. The lowest BCUT2D eigenvalue weighted by Gasteiger charge is -2.15. The maximum absolute atomic E-state index is 12.7. The molecule has 0 saturated carbocycles. The molecule has 28 heavy (non-hydrogen) atoms. The van der Waals surface area contributed by atoms with Crippen molar-refractivity contribution in [2.24, 2.45) is 15.9 Å². The zero-order valence-corrected chi connectivity index (χ0v) is 16.9. The molecule has 1 aromatic carbocycles. The number of carbonyl (C=O) groups is 3. The molecule has 1 aliphatic heterocycles. The highest BCUT2D eigenvalue weighted by Gasteiger charge is 2.40. The number of amidine groups is 1. The van der Waals surface area contributed by atoms with Crippen molar-refractivity contribution in [3.8, 4) is 0 Å². The number of Topliss-reactive ketones (excluding diaryl/α,β-unsaturated/α-hetero) is 1. The first-order chi connectivity index (χ1) is 13.4. The SMILES string of the molecule is CC(=O)c1ccc(N2C(=O)C[C@H](S/C(N)=N\N=C(\C)c3cccs3)C2=O)cc1. The van der Waals surface area contributed by atoms with Gasteiger partial charge in [0.2, 0.25) is 11.8 Å². The third-order valence-corrected chi connectivity index (χ3v) is 6.03. The second kappa shape index (κ2) is 8.49. The first-order valence-electron chi connectivity index (χ1n) is 8.43. The number of thiophene rings is 1. The Morgan fingerprint density at radius 2 is 1.89 bits per heavy atom. The van der Waals surface area contributed by atoms with Crippen LogP contribution < -0.4 is 10.6 Å². The average Bonchev–Trinajstić information content (AvgIpc) is 3.29. The van der Waals surface area contributed by atoms with Gasteiger partial charge in [-0.2, -0.15) is 5.10 Å². The molecule has 9 heteroatoms. The molecule has 1 atom stereocenters. The number of benzene rings is 1. The first kappa shape index (κ1) is 20.0. The number of anilines is 1. The molecule has 3 rings (SSSR count). The van der Waals surface area contributed by atoms with Gasteiger partial charge in [0.1, 0.15) is 5.25 Å². The molecule has 0 spiro atoms. The van der Waals surface area contributed by atoms with Gasteiger partial charge < -0.3 is 5.73 Å². The number of nitrogens with zero attached hydrogens (tertiary/aromatic N) is 3. The van der Waals surface area contributed by atoms with E-state index in [1.807, 2.05) is 24.4 Å². The molecular formula is C19H18N4O3S2. The molecule has 1 fully saturated rings. The molecular weight excluding hydrogens is 396 g/mol. The van der Waals surface area contributed by atoms with E-state index in [-0.39, 0.29) is 29.2 Å². The van der Waals surface area contributed by atoms with E-state index in [9.17, 15) is 14.4 Å². The van der Waals surface area contributed by atoms with Crippen LogP contribution in [0, 0.1) is 0 Å². The quantitative estimate of drug-likeness (QED) is 0.266. The summed E-state index contributed by atoms with van der Waals surface area (Å²) in [5.41, 5.74) is 7.56. The van der Waals surface area contributed by atoms with Crippen LogP contribution in [-0.4, -0.2) is 33.7 Å². The van der Waals surface area contributed by atoms with Crippen molar-refractivity contribution in [3.05, 3.63) is 52.2 Å². The first-order valence-corrected chi connectivity index (χ1v) is 10.2. The van der Waals surface area contributed by atoms with Gasteiger partial charge in [0.05, 0.1) is 16.3 Å². The zero-order chi connectivity index (χ0) is 20.3. The van der Waals surface area contributed by atoms with Gasteiger partial charge in [-0.15, -0.1) is 16.4 Å². The fourth-order valence-corrected chi connectivity index (χ4v) is 4.12. The summed E-state index contributed by atoms with van der Waals surface area (Å²) in [6.45, 7) is 3.28. The summed E-state index contributed by atoms with van der Waals surface area (Å²) >= 11 is 2.57. The minimum atomic E-state index is -0.652. The van der Waals surface area contributed by atoms with Crippen LogP contribution in [0.2, 0.25) is 0 Å². The van der Waals surface area contributed by atoms with E-state index in [0.717, 1.165) is 27.3 Å². The van der Waals surface area contributed by atoms with Gasteiger partial charge in [0, 0.05) is 12.0 Å². The van der Waals surface area contributed by atoms with E-state index in [1.54, 1.807) is 35.6 Å². The highest BCUT2D eigenvalue weighted by atomic mass is 32.2. The molecule has 0 radical (unpaired) electrons. The van der Waals surface area contributed by atoms with Gasteiger partial charge in [0.25, 0.3) is 0 Å². The largest absolute Gasteiger partial charge is 0.377 e. The number of imide groups is 1. The van der Waals surface area contributed by atoms with Crippen molar-refractivity contribution >= 4 is 57.3 Å². The lowest BCUT2D eigenvalue weighted by molar-refractivity contribution is -0.121. The maximum Gasteiger partial charge on any atom is 0.247 e. The van der Waals surface area contributed by atoms with E-state index in [1.165, 1.54) is 6.92 Å². The van der Waals surface area contributed by atoms with Crippen LogP contribution in [0.15, 0.2) is 52.0 Å². The van der Waals surface area contributed by atoms with Crippen LogP contribution in [0.5, 0.6) is 0 Å². The predicted molar refractivity (Wildman–Crippen MR) is 113 cm³/mol. The summed E-state index contributed by atoms with van der Waals surface area (Å²) in [5.74, 6) is -0.756. The third-order valence-electron chi connectivity index (χ3n) is 4.08. The molecule has 2 N–H and O–H groups in total. The summed E-state index contributed by atoms with van der Waals surface area (Å²) in [5, 5.41) is 9.46. The molecule has 0 unspecified atom stereocenters. The second-order valence-electron chi connectivity index (χ2n) is 6.08. The molecule has 0 bridgehead atoms. The standard InChI is InChI=1S/C19H18N4O3S2/c1-11(15-4-3-9-27-15)21-22-19(20)28-16-10-17(25)23(18(16)26)14-7-5-13(6-8-14)12(2)24/h3-9,16H,10H2,1-2H3,(H2,20,22)/b21-11-/t16-/m0/s1. The van der Waals surface area contributed by atoms with Crippen LogP contribution in [-0.2, 0) is 9.59 Å². The molecule has 2 amide bonds. The van der Waals surface area contributed by atoms with Gasteiger partial charge in [-0.3, -0.25) is 14.4 Å². The van der Waals surface area contributed by atoms with Crippen molar-refractivity contribution < 1.29 is 14.4 Å². The number of ketones is 1. The zero-order valence-electron chi connectivity index (χ0n) is 15.3. The maximum atomic E-state index is 12.7. The van der Waals surface area contributed by atoms with Crippen molar-refractivity contribution in [2.45, 2.75) is 25.5 Å². The highest BCUT2D eigenvalue weighted by molar-refractivity contribution is 8.14. The van der Waals surface area contributed by atoms with E-state index in [4.69, 9.17) is 5.73 Å². The molecule has 7 nitrogen and oxygen atoms in total. The van der Waals surface area contributed by atoms with Crippen LogP contribution in [0.25, 0.3) is 0 Å². The van der Waals surface area contributed by atoms with Crippen molar-refractivity contribution in [2.75, 3.05) is 4.90 Å². The van der Waals surface area contributed by atoms with Crippen LogP contribution in [0.4, 0.5) is 5.69 Å². The lowest BCUT2D eigenvalue weighted by Crippen LogP contribution is -2.31. The van der Waals surface area contributed by atoms with Gasteiger partial charge in [0.15, 0.2) is 11.0 Å². The molecule has 2 aromatic rings. The fourth-order valence-electron chi connectivity index (χ4n) is 2.64. The molecule has 2 heterocycles. The topological polar surface area (TPSA) is 105 Å². The number of nitrogens with two attached hydrogens (primary N) is 1. The highest BCUT2D eigenvalue weighted by Crippen LogP contribution is 2.30. The lowest BCUT2D eigenvalue weighted by atomic mass is 10.1. The summed E-state index contributed by atoms with van der Waals surface area (Å²) in [7, 11) is 0. The van der Waals surface area contributed by atoms with E-state index >= 15 is 0 Å². The number of thioether (sulfide) groups is 1. The Kier molecular flexibility index (Phi) is 6.05. The average molecular weight is 415 g/mol. The van der Waals surface area contributed by atoms with Gasteiger partial charge in [-0.1, -0.05) is 17.8 Å². The fraction of sp³-hybridized carbons (Fsp3) is 0.211. The van der Waals surface area contributed by atoms with Gasteiger partial charge in [-0.25, -0.2) is 4.90 Å². The summed E-state index contributed by atoms with van der Waals surface area (Å²) in [6.07, 6.45) is 0.0296. The number of rotatable bonds is 5. The number of hydrogen-bond donors (Lipinski definition) is 1. The monoisotopic (exact) mass is 414 g/mol. The number of amides is 2.